The van der Waals surface area contributed by atoms with E-state index in [0.29, 0.717) is 12.6 Å². The number of urea groups is 1. The topological polar surface area (TPSA) is 61.8 Å². The van der Waals surface area contributed by atoms with E-state index < -0.39 is 6.10 Å². The maximum atomic E-state index is 12.5. The minimum absolute atomic E-state index is 0.0251. The second-order valence-corrected chi connectivity index (χ2v) is 7.70. The van der Waals surface area contributed by atoms with Crippen molar-refractivity contribution in [3.05, 3.63) is 0 Å². The Morgan fingerprint density at radius 1 is 1.09 bits per heavy atom. The van der Waals surface area contributed by atoms with Gasteiger partial charge in [-0.3, -0.25) is 0 Å². The first-order chi connectivity index (χ1) is 11.1. The van der Waals surface area contributed by atoms with Crippen LogP contribution in [0.25, 0.3) is 0 Å². The number of β-amino-alcohol motifs (C(OH)–C–C–N with tert-alkyl or cyclic N) is 1. The first-order valence-electron chi connectivity index (χ1n) is 9.52. The molecule has 132 valence electrons. The third-order valence-corrected chi connectivity index (χ3v) is 5.89. The summed E-state index contributed by atoms with van der Waals surface area (Å²) < 4.78 is 6.31. The van der Waals surface area contributed by atoms with E-state index in [1.165, 1.54) is 32.1 Å². The van der Waals surface area contributed by atoms with Gasteiger partial charge in [-0.05, 0) is 38.0 Å². The molecule has 3 aliphatic rings. The van der Waals surface area contributed by atoms with Gasteiger partial charge in [0.05, 0.1) is 24.4 Å². The minimum atomic E-state index is -0.397. The molecule has 5 nitrogen and oxygen atoms in total. The highest BCUT2D eigenvalue weighted by Crippen LogP contribution is 2.28. The zero-order valence-corrected chi connectivity index (χ0v) is 14.4. The number of aliphatic hydroxyl groups excluding tert-OH is 1. The summed E-state index contributed by atoms with van der Waals surface area (Å²) in [5, 5.41) is 13.2. The molecule has 2 aliphatic carbocycles. The number of piperidine rings is 1. The minimum Gasteiger partial charge on any atom is -0.391 e. The van der Waals surface area contributed by atoms with Crippen molar-refractivity contribution in [3.8, 4) is 0 Å². The number of amides is 2. The SMILES string of the molecule is CC1CCN(C(=O)NC2CCCCC2OC2CCCC2)CC1O. The normalized spacial score (nSPS) is 36.2. The number of carbonyl (C=O) groups is 1. The molecule has 2 amide bonds. The number of aliphatic hydroxyl groups is 1. The lowest BCUT2D eigenvalue weighted by Gasteiger charge is -2.38. The van der Waals surface area contributed by atoms with Crippen LogP contribution < -0.4 is 5.32 Å². The van der Waals surface area contributed by atoms with E-state index in [1.54, 1.807) is 4.90 Å². The van der Waals surface area contributed by atoms with Crippen LogP contribution in [-0.4, -0.2) is 53.5 Å². The average Bonchev–Trinajstić information content (AvgIpc) is 3.05. The molecule has 0 radical (unpaired) electrons. The Bertz CT molecular complexity index is 398. The van der Waals surface area contributed by atoms with Crippen LogP contribution in [0.4, 0.5) is 4.79 Å². The van der Waals surface area contributed by atoms with Crippen molar-refractivity contribution in [1.29, 1.82) is 0 Å². The highest BCUT2D eigenvalue weighted by atomic mass is 16.5. The fourth-order valence-electron chi connectivity index (χ4n) is 4.18. The van der Waals surface area contributed by atoms with Gasteiger partial charge in [0.15, 0.2) is 0 Å². The molecule has 1 saturated heterocycles. The van der Waals surface area contributed by atoms with Gasteiger partial charge in [-0.1, -0.05) is 32.6 Å². The fraction of sp³-hybridized carbons (Fsp3) is 0.944. The zero-order chi connectivity index (χ0) is 16.2. The summed E-state index contributed by atoms with van der Waals surface area (Å²) in [7, 11) is 0. The molecular weight excluding hydrogens is 292 g/mol. The van der Waals surface area contributed by atoms with Gasteiger partial charge in [-0.25, -0.2) is 4.79 Å². The predicted molar refractivity (Wildman–Crippen MR) is 89.3 cm³/mol. The first kappa shape index (κ1) is 17.0. The van der Waals surface area contributed by atoms with E-state index in [4.69, 9.17) is 4.74 Å². The van der Waals surface area contributed by atoms with E-state index in [1.807, 2.05) is 6.92 Å². The van der Waals surface area contributed by atoms with Crippen molar-refractivity contribution in [2.24, 2.45) is 5.92 Å². The molecule has 0 aromatic heterocycles. The van der Waals surface area contributed by atoms with Gasteiger partial charge in [0, 0.05) is 13.1 Å². The Kier molecular flexibility index (Phi) is 5.81. The Morgan fingerprint density at radius 2 is 1.78 bits per heavy atom. The summed E-state index contributed by atoms with van der Waals surface area (Å²) in [4.78, 5) is 14.3. The van der Waals surface area contributed by atoms with Crippen molar-refractivity contribution >= 4 is 6.03 Å². The van der Waals surface area contributed by atoms with Crippen molar-refractivity contribution in [2.75, 3.05) is 13.1 Å². The molecule has 2 saturated carbocycles. The molecular formula is C18H32N2O3. The van der Waals surface area contributed by atoms with Crippen LogP contribution in [0, 0.1) is 5.92 Å². The molecule has 2 N–H and O–H groups in total. The highest BCUT2D eigenvalue weighted by Gasteiger charge is 2.33. The van der Waals surface area contributed by atoms with Crippen LogP contribution in [0.1, 0.15) is 64.7 Å². The van der Waals surface area contributed by atoms with Crippen LogP contribution in [-0.2, 0) is 4.74 Å². The number of nitrogens with one attached hydrogen (secondary N) is 1. The molecule has 0 spiro atoms. The largest absolute Gasteiger partial charge is 0.391 e. The molecule has 4 atom stereocenters. The van der Waals surface area contributed by atoms with E-state index in [0.717, 1.165) is 32.2 Å². The molecule has 0 bridgehead atoms. The molecule has 4 unspecified atom stereocenters. The summed E-state index contributed by atoms with van der Waals surface area (Å²) in [5.74, 6) is 0.284. The Labute approximate surface area is 139 Å². The van der Waals surface area contributed by atoms with Gasteiger partial charge in [0.2, 0.25) is 0 Å². The number of hydrogen-bond donors (Lipinski definition) is 2. The Morgan fingerprint density at radius 3 is 2.52 bits per heavy atom. The lowest BCUT2D eigenvalue weighted by molar-refractivity contribution is -0.0424. The zero-order valence-electron chi connectivity index (χ0n) is 14.4. The second-order valence-electron chi connectivity index (χ2n) is 7.70. The predicted octanol–water partition coefficient (Wildman–Crippen LogP) is 2.67. The molecule has 3 rings (SSSR count). The lowest BCUT2D eigenvalue weighted by Crippen LogP contribution is -2.55. The van der Waals surface area contributed by atoms with Gasteiger partial charge in [0.25, 0.3) is 0 Å². The molecule has 0 aromatic rings. The average molecular weight is 324 g/mol. The summed E-state index contributed by atoms with van der Waals surface area (Å²) in [6, 6.07) is 0.108. The maximum absolute atomic E-state index is 12.5. The Balaban J connectivity index is 1.52. The molecule has 5 heteroatoms. The van der Waals surface area contributed by atoms with Crippen molar-refractivity contribution in [1.82, 2.24) is 10.2 Å². The Hall–Kier alpha value is -0.810. The number of likely N-dealkylation sites (tertiary alicyclic amines) is 1. The summed E-state index contributed by atoms with van der Waals surface area (Å²) in [6.07, 6.45) is 10.4. The third kappa shape index (κ3) is 4.38. The quantitative estimate of drug-likeness (QED) is 0.839. The molecule has 1 aliphatic heterocycles. The second kappa shape index (κ2) is 7.84. The molecule has 23 heavy (non-hydrogen) atoms. The highest BCUT2D eigenvalue weighted by molar-refractivity contribution is 5.74. The first-order valence-corrected chi connectivity index (χ1v) is 9.52. The van der Waals surface area contributed by atoms with Crippen molar-refractivity contribution < 1.29 is 14.6 Å². The smallest absolute Gasteiger partial charge is 0.317 e. The van der Waals surface area contributed by atoms with Crippen LogP contribution in [0.2, 0.25) is 0 Å². The van der Waals surface area contributed by atoms with Gasteiger partial charge in [-0.2, -0.15) is 0 Å². The van der Waals surface area contributed by atoms with Gasteiger partial charge in [-0.15, -0.1) is 0 Å². The fourth-order valence-corrected chi connectivity index (χ4v) is 4.18. The van der Waals surface area contributed by atoms with Crippen molar-refractivity contribution in [2.45, 2.75) is 89.1 Å². The summed E-state index contributed by atoms with van der Waals surface area (Å²) >= 11 is 0. The number of hydrogen-bond acceptors (Lipinski definition) is 3. The number of nitrogens with zero attached hydrogens (tertiary/aromatic N) is 1. The van der Waals surface area contributed by atoms with E-state index in [-0.39, 0.29) is 24.1 Å². The van der Waals surface area contributed by atoms with E-state index in [9.17, 15) is 9.90 Å². The molecule has 0 aromatic carbocycles. The third-order valence-electron chi connectivity index (χ3n) is 5.89. The monoisotopic (exact) mass is 324 g/mol. The van der Waals surface area contributed by atoms with Gasteiger partial charge < -0.3 is 20.1 Å². The van der Waals surface area contributed by atoms with E-state index in [2.05, 4.69) is 5.32 Å². The standard InChI is InChI=1S/C18H32N2O3/c1-13-10-11-20(12-16(13)21)18(22)19-15-8-4-5-9-17(15)23-14-6-2-3-7-14/h13-17,21H,2-12H2,1H3,(H,19,22). The van der Waals surface area contributed by atoms with Gasteiger partial charge >= 0.3 is 6.03 Å². The van der Waals surface area contributed by atoms with Crippen LogP contribution in [0.15, 0.2) is 0 Å². The maximum Gasteiger partial charge on any atom is 0.317 e. The molecule has 3 fully saturated rings. The van der Waals surface area contributed by atoms with Crippen LogP contribution in [0.5, 0.6) is 0 Å². The van der Waals surface area contributed by atoms with Crippen LogP contribution >= 0.6 is 0 Å². The number of rotatable bonds is 3. The number of carbonyl (C=O) groups excluding carboxylic acids is 1. The summed E-state index contributed by atoms with van der Waals surface area (Å²) in [6.45, 7) is 3.24. The van der Waals surface area contributed by atoms with Gasteiger partial charge in [0.1, 0.15) is 0 Å². The lowest BCUT2D eigenvalue weighted by atomic mass is 9.92. The molecule has 1 heterocycles. The number of ether oxygens (including phenoxy) is 1. The van der Waals surface area contributed by atoms with Crippen molar-refractivity contribution in [3.63, 3.8) is 0 Å². The van der Waals surface area contributed by atoms with E-state index >= 15 is 0 Å². The van der Waals surface area contributed by atoms with Crippen LogP contribution in [0.3, 0.4) is 0 Å². The summed E-state index contributed by atoms with van der Waals surface area (Å²) in [5.41, 5.74) is 0.